The Morgan fingerprint density at radius 2 is 1.70 bits per heavy atom. The molecule has 3 heteroatoms. The molecule has 0 radical (unpaired) electrons. The van der Waals surface area contributed by atoms with E-state index >= 15 is 0 Å². The Labute approximate surface area is 224 Å². The zero-order valence-electron chi connectivity index (χ0n) is 23.7. The van der Waals surface area contributed by atoms with Crippen LogP contribution in [0.2, 0.25) is 17.6 Å². The van der Waals surface area contributed by atoms with Gasteiger partial charge in [0.1, 0.15) is 0 Å². The Morgan fingerprint density at radius 3 is 2.46 bits per heavy atom. The van der Waals surface area contributed by atoms with Crippen LogP contribution in [0, 0.1) is 6.92 Å². The number of rotatable bonds is 7. The number of aryl methyl sites for hydroxylation is 2. The van der Waals surface area contributed by atoms with Crippen LogP contribution >= 0.6 is 0 Å². The van der Waals surface area contributed by atoms with E-state index in [1.54, 1.807) is 11.1 Å². The van der Waals surface area contributed by atoms with Crippen LogP contribution in [0.1, 0.15) is 69.6 Å². The van der Waals surface area contributed by atoms with Crippen molar-refractivity contribution in [1.82, 2.24) is 4.57 Å². The molecule has 2 aliphatic carbocycles. The maximum Gasteiger partial charge on any atom is 0.0823 e. The van der Waals surface area contributed by atoms with Gasteiger partial charge >= 0.3 is 0 Å². The van der Waals surface area contributed by atoms with Gasteiger partial charge in [-0.15, -0.1) is 0 Å². The largest absolute Gasteiger partial charge is 0.376 e. The fourth-order valence-electron chi connectivity index (χ4n) is 8.13. The zero-order valence-corrected chi connectivity index (χ0v) is 24.7. The summed E-state index contributed by atoms with van der Waals surface area (Å²) in [6, 6.07) is 17.9. The molecule has 37 heavy (non-hydrogen) atoms. The molecule has 2 heterocycles. The third kappa shape index (κ3) is 3.46. The maximum atomic E-state index is 5.98. The van der Waals surface area contributed by atoms with E-state index in [1.807, 2.05) is 0 Å². The van der Waals surface area contributed by atoms with Crippen molar-refractivity contribution in [3.8, 4) is 11.3 Å². The second-order valence-electron chi connectivity index (χ2n) is 13.1. The summed E-state index contributed by atoms with van der Waals surface area (Å²) < 4.78 is 8.47. The first-order chi connectivity index (χ1) is 17.6. The lowest BCUT2D eigenvalue weighted by atomic mass is 9.82. The quantitative estimate of drug-likeness (QED) is 0.229. The lowest BCUT2D eigenvalue weighted by Crippen LogP contribution is -2.71. The fourth-order valence-corrected chi connectivity index (χ4v) is 14.4. The van der Waals surface area contributed by atoms with E-state index in [9.17, 15) is 0 Å². The molecule has 194 valence electrons. The number of benzene rings is 2. The summed E-state index contributed by atoms with van der Waals surface area (Å²) in [6.07, 6.45) is 16.1. The van der Waals surface area contributed by atoms with E-state index in [0.717, 1.165) is 6.61 Å². The van der Waals surface area contributed by atoms with Gasteiger partial charge < -0.3 is 9.30 Å². The molecule has 0 bridgehead atoms. The Bertz CT molecular complexity index is 1410. The summed E-state index contributed by atoms with van der Waals surface area (Å²) >= 11 is 0. The number of ether oxygens (including phenoxy) is 1. The molecule has 2 unspecified atom stereocenters. The van der Waals surface area contributed by atoms with Crippen molar-refractivity contribution < 1.29 is 4.74 Å². The summed E-state index contributed by atoms with van der Waals surface area (Å²) in [6.45, 7) is 12.3. The topological polar surface area (TPSA) is 14.2 Å². The van der Waals surface area contributed by atoms with E-state index < -0.39 is 8.07 Å². The molecule has 0 N–H and O–H groups in total. The Morgan fingerprint density at radius 1 is 0.973 bits per heavy atom. The van der Waals surface area contributed by atoms with Crippen LogP contribution in [0.3, 0.4) is 0 Å². The van der Waals surface area contributed by atoms with Crippen LogP contribution < -0.4 is 0 Å². The molecule has 2 spiro atoms. The fraction of sp³-hybridized carbons (Fsp3) is 0.471. The minimum Gasteiger partial charge on any atom is -0.376 e. The van der Waals surface area contributed by atoms with Crippen molar-refractivity contribution in [3.63, 3.8) is 0 Å². The molecule has 6 rings (SSSR count). The number of hydrogen-bond acceptors (Lipinski definition) is 1. The number of hydrogen-bond donors (Lipinski definition) is 0. The number of unbranched alkanes of at least 4 members (excludes halogenated alkanes) is 3. The van der Waals surface area contributed by atoms with Crippen LogP contribution in [-0.4, -0.2) is 24.8 Å². The molecule has 2 nitrogen and oxygen atoms in total. The van der Waals surface area contributed by atoms with Crippen LogP contribution in [0.4, 0.5) is 0 Å². The Hall–Kier alpha value is -2.36. The maximum absolute atomic E-state index is 5.98. The van der Waals surface area contributed by atoms with Crippen molar-refractivity contribution in [2.45, 2.75) is 88.1 Å². The van der Waals surface area contributed by atoms with Gasteiger partial charge in [0.15, 0.2) is 0 Å². The molecule has 3 aliphatic rings. The second-order valence-corrected chi connectivity index (χ2v) is 18.1. The molecular weight excluding hydrogens is 466 g/mol. The normalized spacial score (nSPS) is 24.8. The molecule has 1 saturated heterocycles. The smallest absolute Gasteiger partial charge is 0.0823 e. The highest BCUT2D eigenvalue weighted by Gasteiger charge is 2.74. The first-order valence-corrected chi connectivity index (χ1v) is 17.0. The van der Waals surface area contributed by atoms with Crippen molar-refractivity contribution >= 4 is 19.0 Å². The van der Waals surface area contributed by atoms with Crippen molar-refractivity contribution in [2.75, 3.05) is 6.61 Å². The first kappa shape index (κ1) is 24.9. The van der Waals surface area contributed by atoms with E-state index in [0.29, 0.717) is 0 Å². The average Bonchev–Trinajstić information content (AvgIpc) is 3.53. The van der Waals surface area contributed by atoms with Crippen molar-refractivity contribution in [1.29, 1.82) is 0 Å². The molecule has 3 aromatic rings. The van der Waals surface area contributed by atoms with Gasteiger partial charge in [0, 0.05) is 40.2 Å². The van der Waals surface area contributed by atoms with Crippen molar-refractivity contribution in [2.24, 2.45) is 7.05 Å². The van der Waals surface area contributed by atoms with Gasteiger partial charge in [-0.1, -0.05) is 92.1 Å². The number of allylic oxidation sites excluding steroid dienone is 4. The van der Waals surface area contributed by atoms with E-state index in [-0.39, 0.29) is 15.7 Å². The first-order valence-electron chi connectivity index (χ1n) is 14.3. The van der Waals surface area contributed by atoms with E-state index in [1.165, 1.54) is 65.9 Å². The molecule has 1 fully saturated rings. The highest BCUT2D eigenvalue weighted by atomic mass is 28.3. The molecule has 1 aromatic heterocycles. The number of aromatic nitrogens is 1. The molecule has 0 amide bonds. The molecule has 2 atom stereocenters. The van der Waals surface area contributed by atoms with Gasteiger partial charge in [-0.05, 0) is 63.8 Å². The Balaban J connectivity index is 1.39. The summed E-state index contributed by atoms with van der Waals surface area (Å²) in [7, 11) is 0.415. The molecule has 0 saturated carbocycles. The summed E-state index contributed by atoms with van der Waals surface area (Å²) in [5, 5.41) is 1.96. The highest BCUT2D eigenvalue weighted by molar-refractivity contribution is 6.89. The van der Waals surface area contributed by atoms with Gasteiger partial charge in [0.05, 0.1) is 19.4 Å². The highest BCUT2D eigenvalue weighted by Crippen LogP contribution is 2.76. The van der Waals surface area contributed by atoms with Crippen LogP contribution in [0.25, 0.3) is 22.2 Å². The van der Waals surface area contributed by atoms with E-state index in [4.69, 9.17) is 4.74 Å². The predicted octanol–water partition coefficient (Wildman–Crippen LogP) is 9.02. The molecular formula is C34H43NOSi. The van der Waals surface area contributed by atoms with Crippen LogP contribution in [0.5, 0.6) is 0 Å². The van der Waals surface area contributed by atoms with E-state index in [2.05, 4.69) is 113 Å². The van der Waals surface area contributed by atoms with Crippen molar-refractivity contribution in [3.05, 3.63) is 83.5 Å². The minimum absolute atomic E-state index is 0.0311. The lowest BCUT2D eigenvalue weighted by molar-refractivity contribution is -0.00471. The van der Waals surface area contributed by atoms with Gasteiger partial charge in [-0.3, -0.25) is 0 Å². The summed E-state index contributed by atoms with van der Waals surface area (Å²) in [5.74, 6) is 0. The third-order valence-corrected chi connectivity index (χ3v) is 16.5. The molecule has 1 aliphatic heterocycles. The van der Waals surface area contributed by atoms with Gasteiger partial charge in [0.25, 0.3) is 0 Å². The standard InChI is InChI=1S/C34H43NOSi/c1-25-17-18-29-27(23-25)30-31(35(29)5)26-15-9-10-16-28(26)34(30)24-33(19-11-12-20-33)37(34,6)22-14-8-7-13-21-36-32(2,3)4/h9-12,15-20,23H,7-8,13-14,21-22,24H2,1-6H3. The summed E-state index contributed by atoms with van der Waals surface area (Å²) in [5.41, 5.74) is 8.95. The summed E-state index contributed by atoms with van der Waals surface area (Å²) in [4.78, 5) is 0. The van der Waals surface area contributed by atoms with Crippen LogP contribution in [-0.2, 0) is 16.8 Å². The number of fused-ring (bicyclic) bond motifs is 7. The van der Waals surface area contributed by atoms with Gasteiger partial charge in [0.2, 0.25) is 0 Å². The van der Waals surface area contributed by atoms with Gasteiger partial charge in [-0.2, -0.15) is 0 Å². The number of nitrogens with zero attached hydrogens (tertiary/aromatic N) is 1. The predicted molar refractivity (Wildman–Crippen MR) is 160 cm³/mol. The SMILES string of the molecule is Cc1ccc2c(c1)c1c(n2C)-c2ccccc2C12CC1(C=CC=C1)[Si]2(C)CCCCCCOC(C)(C)C. The minimum atomic E-state index is -1.87. The Kier molecular flexibility index (Phi) is 5.78. The third-order valence-electron chi connectivity index (χ3n) is 9.96. The van der Waals surface area contributed by atoms with Crippen LogP contribution in [0.15, 0.2) is 66.8 Å². The molecule has 2 aromatic carbocycles. The average molecular weight is 510 g/mol. The lowest BCUT2D eigenvalue weighted by Gasteiger charge is -2.67. The monoisotopic (exact) mass is 509 g/mol. The zero-order chi connectivity index (χ0) is 26.1. The second kappa shape index (κ2) is 8.58. The van der Waals surface area contributed by atoms with Gasteiger partial charge in [-0.25, -0.2) is 0 Å².